The molecule has 1 saturated heterocycles. The molecule has 1 aliphatic rings. The van der Waals surface area contributed by atoms with Gasteiger partial charge in [0, 0.05) is 12.6 Å². The van der Waals surface area contributed by atoms with Crippen molar-refractivity contribution >= 4 is 17.8 Å². The molecule has 1 aromatic carbocycles. The minimum Gasteiger partial charge on any atom is -0.497 e. The maximum atomic E-state index is 12.3. The van der Waals surface area contributed by atoms with Gasteiger partial charge in [0.25, 0.3) is 5.91 Å². The van der Waals surface area contributed by atoms with Gasteiger partial charge < -0.3 is 15.4 Å². The number of hydrogen-bond donors (Lipinski definition) is 2. The van der Waals surface area contributed by atoms with E-state index in [-0.39, 0.29) is 30.8 Å². The van der Waals surface area contributed by atoms with Crippen molar-refractivity contribution in [1.82, 2.24) is 15.5 Å². The van der Waals surface area contributed by atoms with E-state index in [9.17, 15) is 14.4 Å². The van der Waals surface area contributed by atoms with E-state index in [1.165, 1.54) is 0 Å². The Kier molecular flexibility index (Phi) is 5.78. The molecule has 1 fully saturated rings. The van der Waals surface area contributed by atoms with Gasteiger partial charge in [0.1, 0.15) is 11.8 Å². The number of rotatable bonds is 7. The van der Waals surface area contributed by atoms with E-state index >= 15 is 0 Å². The highest BCUT2D eigenvalue weighted by Crippen LogP contribution is 2.14. The van der Waals surface area contributed by atoms with Crippen LogP contribution in [0.25, 0.3) is 0 Å². The first-order valence-corrected chi connectivity index (χ1v) is 7.95. The summed E-state index contributed by atoms with van der Waals surface area (Å²) in [5.74, 6) is 0.151. The van der Waals surface area contributed by atoms with Crippen LogP contribution in [-0.4, -0.2) is 48.5 Å². The van der Waals surface area contributed by atoms with Crippen LogP contribution in [0, 0.1) is 0 Å². The van der Waals surface area contributed by atoms with Gasteiger partial charge in [-0.2, -0.15) is 0 Å². The standard InChI is InChI=1S/C17H23N3O4/c1-11(2)18-15(21)10-14-16(22)20(17(23)19-14)9-8-12-4-6-13(24-3)7-5-12/h4-7,11,14H,8-10H2,1-3H3,(H,18,21)(H,19,23)/t14-/m1/s1. The second-order valence-electron chi connectivity index (χ2n) is 6.02. The Morgan fingerprint density at radius 1 is 1.29 bits per heavy atom. The zero-order valence-electron chi connectivity index (χ0n) is 14.2. The third kappa shape index (κ3) is 4.47. The largest absolute Gasteiger partial charge is 0.497 e. The predicted molar refractivity (Wildman–Crippen MR) is 88.6 cm³/mol. The highest BCUT2D eigenvalue weighted by molar-refractivity contribution is 6.05. The molecule has 1 aliphatic heterocycles. The molecule has 2 rings (SSSR count). The fraction of sp³-hybridized carbons (Fsp3) is 0.471. The van der Waals surface area contributed by atoms with Crippen LogP contribution in [0.5, 0.6) is 5.75 Å². The van der Waals surface area contributed by atoms with Crippen LogP contribution in [0.1, 0.15) is 25.8 Å². The zero-order valence-corrected chi connectivity index (χ0v) is 14.2. The summed E-state index contributed by atoms with van der Waals surface area (Å²) in [5.41, 5.74) is 0.998. The van der Waals surface area contributed by atoms with Crippen LogP contribution in [0.4, 0.5) is 4.79 Å². The summed E-state index contributed by atoms with van der Waals surface area (Å²) < 4.78 is 5.09. The quantitative estimate of drug-likeness (QED) is 0.731. The molecule has 0 radical (unpaired) electrons. The zero-order chi connectivity index (χ0) is 17.7. The normalized spacial score (nSPS) is 17.2. The Labute approximate surface area is 141 Å². The van der Waals surface area contributed by atoms with Crippen molar-refractivity contribution in [2.24, 2.45) is 0 Å². The van der Waals surface area contributed by atoms with Crippen molar-refractivity contribution in [3.8, 4) is 5.75 Å². The van der Waals surface area contributed by atoms with Gasteiger partial charge in [0.2, 0.25) is 5.91 Å². The van der Waals surface area contributed by atoms with E-state index in [1.807, 2.05) is 38.1 Å². The SMILES string of the molecule is COc1ccc(CCN2C(=O)N[C@H](CC(=O)NC(C)C)C2=O)cc1. The van der Waals surface area contributed by atoms with Crippen molar-refractivity contribution in [3.63, 3.8) is 0 Å². The lowest BCUT2D eigenvalue weighted by atomic mass is 10.1. The van der Waals surface area contributed by atoms with E-state index in [4.69, 9.17) is 4.74 Å². The molecule has 130 valence electrons. The second-order valence-corrected chi connectivity index (χ2v) is 6.02. The molecule has 1 atom stereocenters. The Morgan fingerprint density at radius 2 is 1.96 bits per heavy atom. The minimum atomic E-state index is -0.785. The van der Waals surface area contributed by atoms with Crippen LogP contribution >= 0.6 is 0 Å². The molecule has 0 unspecified atom stereocenters. The topological polar surface area (TPSA) is 87.7 Å². The highest BCUT2D eigenvalue weighted by atomic mass is 16.5. The number of ether oxygens (including phenoxy) is 1. The lowest BCUT2D eigenvalue weighted by molar-refractivity contribution is -0.131. The maximum absolute atomic E-state index is 12.3. The van der Waals surface area contributed by atoms with E-state index < -0.39 is 12.1 Å². The summed E-state index contributed by atoms with van der Waals surface area (Å²) in [6, 6.07) is 6.22. The number of amides is 4. The molecular weight excluding hydrogens is 310 g/mol. The van der Waals surface area contributed by atoms with Crippen molar-refractivity contribution in [1.29, 1.82) is 0 Å². The first kappa shape index (κ1) is 17.8. The molecule has 7 nitrogen and oxygen atoms in total. The minimum absolute atomic E-state index is 0.00381. The van der Waals surface area contributed by atoms with Gasteiger partial charge in [-0.15, -0.1) is 0 Å². The molecule has 0 aliphatic carbocycles. The number of nitrogens with zero attached hydrogens (tertiary/aromatic N) is 1. The molecular formula is C17H23N3O4. The summed E-state index contributed by atoms with van der Waals surface area (Å²) >= 11 is 0. The molecule has 0 bridgehead atoms. The summed E-state index contributed by atoms with van der Waals surface area (Å²) in [4.78, 5) is 37.2. The van der Waals surface area contributed by atoms with Gasteiger partial charge >= 0.3 is 6.03 Å². The number of urea groups is 1. The Morgan fingerprint density at radius 3 is 2.54 bits per heavy atom. The lowest BCUT2D eigenvalue weighted by Gasteiger charge is -2.13. The summed E-state index contributed by atoms with van der Waals surface area (Å²) in [6.45, 7) is 3.96. The Balaban J connectivity index is 1.90. The van der Waals surface area contributed by atoms with Crippen molar-refractivity contribution in [2.75, 3.05) is 13.7 Å². The highest BCUT2D eigenvalue weighted by Gasteiger charge is 2.38. The number of hydrogen-bond acceptors (Lipinski definition) is 4. The lowest BCUT2D eigenvalue weighted by Crippen LogP contribution is -2.38. The van der Waals surface area contributed by atoms with Crippen LogP contribution in [0.15, 0.2) is 24.3 Å². The summed E-state index contributed by atoms with van der Waals surface area (Å²) in [5, 5.41) is 5.28. The van der Waals surface area contributed by atoms with Crippen LogP contribution in [0.2, 0.25) is 0 Å². The first-order valence-electron chi connectivity index (χ1n) is 7.95. The number of nitrogens with one attached hydrogen (secondary N) is 2. The molecule has 2 N–H and O–H groups in total. The average molecular weight is 333 g/mol. The van der Waals surface area contributed by atoms with Crippen LogP contribution in [-0.2, 0) is 16.0 Å². The predicted octanol–water partition coefficient (Wildman–Crippen LogP) is 1.07. The maximum Gasteiger partial charge on any atom is 0.324 e. The summed E-state index contributed by atoms with van der Waals surface area (Å²) in [6.07, 6.45) is 0.510. The number of carbonyl (C=O) groups excluding carboxylic acids is 3. The fourth-order valence-electron chi connectivity index (χ4n) is 2.53. The van der Waals surface area contributed by atoms with Crippen molar-refractivity contribution < 1.29 is 19.1 Å². The van der Waals surface area contributed by atoms with Crippen LogP contribution < -0.4 is 15.4 Å². The molecule has 4 amide bonds. The van der Waals surface area contributed by atoms with Gasteiger partial charge in [0.05, 0.1) is 13.5 Å². The monoisotopic (exact) mass is 333 g/mol. The van der Waals surface area contributed by atoms with Crippen molar-refractivity contribution in [3.05, 3.63) is 29.8 Å². The molecule has 0 spiro atoms. The van der Waals surface area contributed by atoms with Crippen LogP contribution in [0.3, 0.4) is 0 Å². The van der Waals surface area contributed by atoms with E-state index in [0.717, 1.165) is 16.2 Å². The second kappa shape index (κ2) is 7.81. The molecule has 24 heavy (non-hydrogen) atoms. The third-order valence-corrected chi connectivity index (χ3v) is 3.73. The van der Waals surface area contributed by atoms with Gasteiger partial charge in [-0.3, -0.25) is 14.5 Å². The molecule has 7 heteroatoms. The smallest absolute Gasteiger partial charge is 0.324 e. The molecule has 0 saturated carbocycles. The fourth-order valence-corrected chi connectivity index (χ4v) is 2.53. The number of imide groups is 1. The Hall–Kier alpha value is -2.57. The number of methoxy groups -OCH3 is 1. The van der Waals surface area contributed by atoms with Gasteiger partial charge in [-0.25, -0.2) is 4.79 Å². The summed E-state index contributed by atoms with van der Waals surface area (Å²) in [7, 11) is 1.60. The Bertz CT molecular complexity index is 613. The molecule has 1 heterocycles. The number of carbonyl (C=O) groups is 3. The van der Waals surface area contributed by atoms with E-state index in [1.54, 1.807) is 7.11 Å². The first-order chi connectivity index (χ1) is 11.4. The van der Waals surface area contributed by atoms with Gasteiger partial charge in [-0.1, -0.05) is 12.1 Å². The van der Waals surface area contributed by atoms with Gasteiger partial charge in [0.15, 0.2) is 0 Å². The van der Waals surface area contributed by atoms with E-state index in [2.05, 4.69) is 10.6 Å². The van der Waals surface area contributed by atoms with Gasteiger partial charge in [-0.05, 0) is 38.0 Å². The number of benzene rings is 1. The van der Waals surface area contributed by atoms with E-state index in [0.29, 0.717) is 6.42 Å². The van der Waals surface area contributed by atoms with Crippen molar-refractivity contribution in [2.45, 2.75) is 38.8 Å². The average Bonchev–Trinajstić information content (AvgIpc) is 2.79. The third-order valence-electron chi connectivity index (χ3n) is 3.73. The molecule has 1 aromatic rings. The molecule has 0 aromatic heterocycles.